The molecule has 1 unspecified atom stereocenters. The van der Waals surface area contributed by atoms with Gasteiger partial charge in [0.2, 0.25) is 0 Å². The molecule has 1 aromatic heterocycles. The van der Waals surface area contributed by atoms with Crippen molar-refractivity contribution in [3.63, 3.8) is 0 Å². The number of fused-ring (bicyclic) bond motifs is 2. The first-order valence-corrected chi connectivity index (χ1v) is 10.4. The molecule has 0 bridgehead atoms. The van der Waals surface area contributed by atoms with E-state index in [0.717, 1.165) is 27.6 Å². The van der Waals surface area contributed by atoms with Crippen molar-refractivity contribution in [1.82, 2.24) is 9.55 Å². The molecule has 3 nitrogen and oxygen atoms in total. The van der Waals surface area contributed by atoms with Gasteiger partial charge in [-0.3, -0.25) is 0 Å². The highest BCUT2D eigenvalue weighted by Gasteiger charge is 2.18. The number of benzene rings is 4. The molecule has 0 N–H and O–H groups in total. The van der Waals surface area contributed by atoms with E-state index >= 15 is 0 Å². The van der Waals surface area contributed by atoms with Crippen molar-refractivity contribution < 1.29 is 4.74 Å². The fourth-order valence-corrected chi connectivity index (χ4v) is 4.27. The molecule has 0 saturated carbocycles. The highest BCUT2D eigenvalue weighted by molar-refractivity contribution is 6.37. The van der Waals surface area contributed by atoms with Crippen LogP contribution in [0, 0.1) is 0 Å². The van der Waals surface area contributed by atoms with Gasteiger partial charge in [0.15, 0.2) is 0 Å². The average Bonchev–Trinajstić information content (AvgIpc) is 3.17. The Bertz CT molecular complexity index is 1330. The van der Waals surface area contributed by atoms with Crippen LogP contribution in [0.15, 0.2) is 91.0 Å². The van der Waals surface area contributed by atoms with Crippen LogP contribution >= 0.6 is 11.6 Å². The van der Waals surface area contributed by atoms with Crippen molar-refractivity contribution in [2.75, 3.05) is 0 Å². The van der Waals surface area contributed by atoms with Crippen molar-refractivity contribution in [2.24, 2.45) is 0 Å². The lowest BCUT2D eigenvalue weighted by molar-refractivity contribution is 0.289. The van der Waals surface area contributed by atoms with Gasteiger partial charge in [-0.1, -0.05) is 84.4 Å². The smallest absolute Gasteiger partial charge is 0.148 e. The molecule has 148 valence electrons. The van der Waals surface area contributed by atoms with E-state index in [1.165, 1.54) is 5.56 Å². The summed E-state index contributed by atoms with van der Waals surface area (Å²) in [5.41, 5.74) is 3.28. The predicted molar refractivity (Wildman–Crippen MR) is 123 cm³/mol. The van der Waals surface area contributed by atoms with E-state index in [9.17, 15) is 0 Å². The number of para-hydroxylation sites is 2. The van der Waals surface area contributed by atoms with Crippen LogP contribution in [0.2, 0.25) is 5.02 Å². The Morgan fingerprint density at radius 3 is 2.47 bits per heavy atom. The minimum atomic E-state index is 0.129. The molecule has 4 heteroatoms. The Hall–Kier alpha value is -3.30. The molecule has 0 radical (unpaired) electrons. The number of aromatic nitrogens is 2. The number of hydrogen-bond donors (Lipinski definition) is 0. The minimum Gasteiger partial charge on any atom is -0.484 e. The quantitative estimate of drug-likeness (QED) is 0.310. The van der Waals surface area contributed by atoms with E-state index < -0.39 is 0 Å². The molecule has 30 heavy (non-hydrogen) atoms. The molecular formula is C26H21ClN2O. The Morgan fingerprint density at radius 1 is 0.867 bits per heavy atom. The SMILES string of the molecule is CC(c1ccccc1)n1c(COc2ccc3ccccc3c2Cl)nc2ccccc21. The van der Waals surface area contributed by atoms with E-state index in [-0.39, 0.29) is 6.04 Å². The molecule has 1 heterocycles. The Balaban J connectivity index is 1.53. The summed E-state index contributed by atoms with van der Waals surface area (Å²) >= 11 is 6.63. The van der Waals surface area contributed by atoms with Crippen LogP contribution in [0.3, 0.4) is 0 Å². The van der Waals surface area contributed by atoms with Gasteiger partial charge >= 0.3 is 0 Å². The molecule has 1 atom stereocenters. The molecular weight excluding hydrogens is 392 g/mol. The van der Waals surface area contributed by atoms with Crippen LogP contribution < -0.4 is 4.74 Å². The summed E-state index contributed by atoms with van der Waals surface area (Å²) in [4.78, 5) is 4.86. The predicted octanol–water partition coefficient (Wildman–Crippen LogP) is 7.03. The molecule has 0 aliphatic heterocycles. The summed E-state index contributed by atoms with van der Waals surface area (Å²) in [5.74, 6) is 1.54. The lowest BCUT2D eigenvalue weighted by Crippen LogP contribution is -2.12. The number of nitrogens with zero attached hydrogens (tertiary/aromatic N) is 2. The van der Waals surface area contributed by atoms with E-state index in [2.05, 4.69) is 41.8 Å². The van der Waals surface area contributed by atoms with Crippen molar-refractivity contribution in [1.29, 1.82) is 0 Å². The zero-order valence-corrected chi connectivity index (χ0v) is 17.4. The number of hydrogen-bond acceptors (Lipinski definition) is 2. The third-order valence-corrected chi connectivity index (χ3v) is 5.91. The first kappa shape index (κ1) is 18.7. The topological polar surface area (TPSA) is 27.1 Å². The summed E-state index contributed by atoms with van der Waals surface area (Å²) in [5, 5.41) is 2.72. The highest BCUT2D eigenvalue weighted by Crippen LogP contribution is 2.34. The molecule has 0 amide bonds. The second kappa shape index (κ2) is 7.85. The van der Waals surface area contributed by atoms with Gasteiger partial charge in [0, 0.05) is 5.39 Å². The summed E-state index contributed by atoms with van der Waals surface area (Å²) in [6.07, 6.45) is 0. The maximum atomic E-state index is 6.63. The number of rotatable bonds is 5. The van der Waals surface area contributed by atoms with Crippen molar-refractivity contribution in [3.8, 4) is 5.75 Å². The molecule has 5 aromatic rings. The molecule has 0 saturated heterocycles. The number of halogens is 1. The van der Waals surface area contributed by atoms with Gasteiger partial charge in [0.25, 0.3) is 0 Å². The lowest BCUT2D eigenvalue weighted by atomic mass is 10.1. The number of ether oxygens (including phenoxy) is 1. The van der Waals surface area contributed by atoms with Crippen LogP contribution in [0.1, 0.15) is 24.4 Å². The third-order valence-electron chi connectivity index (χ3n) is 5.52. The van der Waals surface area contributed by atoms with Gasteiger partial charge in [-0.05, 0) is 36.1 Å². The van der Waals surface area contributed by atoms with Crippen LogP contribution in [-0.4, -0.2) is 9.55 Å². The van der Waals surface area contributed by atoms with E-state index in [0.29, 0.717) is 17.4 Å². The average molecular weight is 413 g/mol. The van der Waals surface area contributed by atoms with Crippen molar-refractivity contribution >= 4 is 33.4 Å². The van der Waals surface area contributed by atoms with Crippen LogP contribution in [0.25, 0.3) is 21.8 Å². The Labute approximate surface area is 180 Å². The Kier molecular flexibility index (Phi) is 4.89. The monoisotopic (exact) mass is 412 g/mol. The van der Waals surface area contributed by atoms with Gasteiger partial charge in [0.05, 0.1) is 22.1 Å². The zero-order chi connectivity index (χ0) is 20.5. The molecule has 0 fully saturated rings. The molecule has 0 spiro atoms. The fraction of sp³-hybridized carbons (Fsp3) is 0.115. The zero-order valence-electron chi connectivity index (χ0n) is 16.6. The largest absolute Gasteiger partial charge is 0.484 e. The van der Waals surface area contributed by atoms with Gasteiger partial charge in [-0.25, -0.2) is 4.98 Å². The van der Waals surface area contributed by atoms with Gasteiger partial charge in [0.1, 0.15) is 18.2 Å². The van der Waals surface area contributed by atoms with E-state index in [1.54, 1.807) is 0 Å². The van der Waals surface area contributed by atoms with Gasteiger partial charge in [-0.2, -0.15) is 0 Å². The highest BCUT2D eigenvalue weighted by atomic mass is 35.5. The van der Waals surface area contributed by atoms with Crippen LogP contribution in [0.5, 0.6) is 5.75 Å². The normalized spacial score (nSPS) is 12.3. The summed E-state index contributed by atoms with van der Waals surface area (Å²) in [7, 11) is 0. The second-order valence-electron chi connectivity index (χ2n) is 7.36. The van der Waals surface area contributed by atoms with Gasteiger partial charge < -0.3 is 9.30 Å². The Morgan fingerprint density at radius 2 is 1.60 bits per heavy atom. The van der Waals surface area contributed by atoms with Crippen LogP contribution in [-0.2, 0) is 6.61 Å². The first-order chi connectivity index (χ1) is 14.7. The third kappa shape index (κ3) is 3.31. The maximum Gasteiger partial charge on any atom is 0.148 e. The maximum absolute atomic E-state index is 6.63. The first-order valence-electron chi connectivity index (χ1n) is 10.0. The molecule has 0 aliphatic rings. The second-order valence-corrected chi connectivity index (χ2v) is 7.74. The molecule has 5 rings (SSSR count). The van der Waals surface area contributed by atoms with E-state index in [1.807, 2.05) is 60.7 Å². The summed E-state index contributed by atoms with van der Waals surface area (Å²) in [6.45, 7) is 2.53. The standard InChI is InChI=1S/C26H21ClN2O/c1-18(19-9-3-2-4-10-19)29-23-14-8-7-13-22(23)28-25(29)17-30-24-16-15-20-11-5-6-12-21(20)26(24)27/h2-16,18H,17H2,1H3. The van der Waals surface area contributed by atoms with E-state index in [4.69, 9.17) is 21.3 Å². The molecule has 4 aromatic carbocycles. The minimum absolute atomic E-state index is 0.129. The summed E-state index contributed by atoms with van der Waals surface area (Å²) in [6, 6.07) is 30.8. The van der Waals surface area contributed by atoms with Crippen molar-refractivity contribution in [2.45, 2.75) is 19.6 Å². The molecule has 0 aliphatic carbocycles. The van der Waals surface area contributed by atoms with Crippen LogP contribution in [0.4, 0.5) is 0 Å². The summed E-state index contributed by atoms with van der Waals surface area (Å²) < 4.78 is 8.42. The van der Waals surface area contributed by atoms with Gasteiger partial charge in [-0.15, -0.1) is 0 Å². The lowest BCUT2D eigenvalue weighted by Gasteiger charge is -2.19. The van der Waals surface area contributed by atoms with Crippen molar-refractivity contribution in [3.05, 3.63) is 107 Å². The fourth-order valence-electron chi connectivity index (χ4n) is 3.98. The number of imidazole rings is 1.